The van der Waals surface area contributed by atoms with Crippen molar-refractivity contribution in [2.45, 2.75) is 26.9 Å². The van der Waals surface area contributed by atoms with Crippen molar-refractivity contribution in [1.29, 1.82) is 0 Å². The minimum atomic E-state index is -0.510. The Morgan fingerprint density at radius 1 is 1.42 bits per heavy atom. The Kier molecular flexibility index (Phi) is 2.81. The minimum Gasteiger partial charge on any atom is -0.386 e. The van der Waals surface area contributed by atoms with Crippen LogP contribution in [0.15, 0.2) is 6.20 Å². The summed E-state index contributed by atoms with van der Waals surface area (Å²) in [4.78, 5) is 0. The molecule has 0 fully saturated rings. The lowest BCUT2D eigenvalue weighted by Crippen LogP contribution is -2.15. The lowest BCUT2D eigenvalue weighted by molar-refractivity contribution is 0.0881. The van der Waals surface area contributed by atoms with Gasteiger partial charge in [-0.25, -0.2) is 0 Å². The normalized spacial score (nSPS) is 16.4. The van der Waals surface area contributed by atoms with E-state index >= 15 is 0 Å². The standard InChI is InChI=1S/C8H15N3O/c1-5(2)6(3)8(12)7-4-9-11-10-7/h4-6,8,12H,1-3H3,(H,9,10,11). The van der Waals surface area contributed by atoms with Crippen LogP contribution in [0.1, 0.15) is 32.6 Å². The molecule has 2 unspecified atom stereocenters. The van der Waals surface area contributed by atoms with E-state index in [4.69, 9.17) is 0 Å². The molecule has 1 rings (SSSR count). The van der Waals surface area contributed by atoms with Crippen LogP contribution in [0.4, 0.5) is 0 Å². The quantitative estimate of drug-likeness (QED) is 0.713. The van der Waals surface area contributed by atoms with Crippen molar-refractivity contribution >= 4 is 0 Å². The molecule has 2 atom stereocenters. The highest BCUT2D eigenvalue weighted by molar-refractivity contribution is 4.97. The molecule has 1 heterocycles. The van der Waals surface area contributed by atoms with Gasteiger partial charge in [0.1, 0.15) is 11.8 Å². The topological polar surface area (TPSA) is 61.8 Å². The summed E-state index contributed by atoms with van der Waals surface area (Å²) in [5.41, 5.74) is 0.621. The fraction of sp³-hybridized carbons (Fsp3) is 0.750. The van der Waals surface area contributed by atoms with Gasteiger partial charge in [0.2, 0.25) is 0 Å². The zero-order valence-corrected chi connectivity index (χ0v) is 7.65. The molecule has 1 aromatic heterocycles. The van der Waals surface area contributed by atoms with Gasteiger partial charge >= 0.3 is 0 Å². The van der Waals surface area contributed by atoms with Crippen molar-refractivity contribution in [3.63, 3.8) is 0 Å². The Hall–Kier alpha value is -0.900. The highest BCUT2D eigenvalue weighted by Crippen LogP contribution is 2.25. The summed E-state index contributed by atoms with van der Waals surface area (Å²) >= 11 is 0. The van der Waals surface area contributed by atoms with E-state index in [0.717, 1.165) is 0 Å². The van der Waals surface area contributed by atoms with Gasteiger partial charge in [0.15, 0.2) is 0 Å². The van der Waals surface area contributed by atoms with Crippen LogP contribution in [-0.4, -0.2) is 20.5 Å². The number of hydrogen-bond donors (Lipinski definition) is 2. The number of aliphatic hydroxyl groups excluding tert-OH is 1. The van der Waals surface area contributed by atoms with Gasteiger partial charge < -0.3 is 5.11 Å². The van der Waals surface area contributed by atoms with E-state index in [1.807, 2.05) is 6.92 Å². The minimum absolute atomic E-state index is 0.204. The number of aromatic nitrogens is 3. The molecule has 0 amide bonds. The average Bonchev–Trinajstić information content (AvgIpc) is 2.53. The van der Waals surface area contributed by atoms with Gasteiger partial charge in [-0.2, -0.15) is 15.4 Å². The molecule has 12 heavy (non-hydrogen) atoms. The molecule has 2 N–H and O–H groups in total. The molecule has 4 heteroatoms. The third-order valence-electron chi connectivity index (χ3n) is 2.29. The van der Waals surface area contributed by atoms with Crippen LogP contribution in [0.2, 0.25) is 0 Å². The van der Waals surface area contributed by atoms with Crippen LogP contribution in [0, 0.1) is 11.8 Å². The summed E-state index contributed by atoms with van der Waals surface area (Å²) in [7, 11) is 0. The summed E-state index contributed by atoms with van der Waals surface area (Å²) in [6.07, 6.45) is 1.05. The van der Waals surface area contributed by atoms with Crippen LogP contribution in [0.3, 0.4) is 0 Å². The highest BCUT2D eigenvalue weighted by atomic mass is 16.3. The number of nitrogens with zero attached hydrogens (tertiary/aromatic N) is 2. The second-order valence-electron chi connectivity index (χ2n) is 3.44. The fourth-order valence-electron chi connectivity index (χ4n) is 0.987. The number of H-pyrrole nitrogens is 1. The first-order valence-corrected chi connectivity index (χ1v) is 4.16. The largest absolute Gasteiger partial charge is 0.386 e. The third-order valence-corrected chi connectivity index (χ3v) is 2.29. The molecular weight excluding hydrogens is 154 g/mol. The first kappa shape index (κ1) is 9.19. The molecular formula is C8H15N3O. The van der Waals surface area contributed by atoms with Crippen molar-refractivity contribution in [3.8, 4) is 0 Å². The van der Waals surface area contributed by atoms with Crippen LogP contribution in [0.25, 0.3) is 0 Å². The SMILES string of the molecule is CC(C)C(C)C(O)c1cn[nH]n1. The van der Waals surface area contributed by atoms with Gasteiger partial charge in [-0.1, -0.05) is 20.8 Å². The van der Waals surface area contributed by atoms with Gasteiger partial charge in [-0.05, 0) is 11.8 Å². The van der Waals surface area contributed by atoms with Gasteiger partial charge in [-0.3, -0.25) is 0 Å². The predicted molar refractivity (Wildman–Crippen MR) is 45.3 cm³/mol. The predicted octanol–water partition coefficient (Wildman–Crippen LogP) is 1.13. The van der Waals surface area contributed by atoms with Crippen molar-refractivity contribution in [2.75, 3.05) is 0 Å². The highest BCUT2D eigenvalue weighted by Gasteiger charge is 2.21. The molecule has 68 valence electrons. The van der Waals surface area contributed by atoms with Crippen molar-refractivity contribution in [3.05, 3.63) is 11.9 Å². The molecule has 0 aromatic carbocycles. The summed E-state index contributed by atoms with van der Waals surface area (Å²) in [6, 6.07) is 0. The number of aliphatic hydroxyl groups is 1. The van der Waals surface area contributed by atoms with Crippen molar-refractivity contribution in [2.24, 2.45) is 11.8 Å². The summed E-state index contributed by atoms with van der Waals surface area (Å²) < 4.78 is 0. The fourth-order valence-corrected chi connectivity index (χ4v) is 0.987. The van der Waals surface area contributed by atoms with E-state index in [9.17, 15) is 5.11 Å². The lowest BCUT2D eigenvalue weighted by atomic mass is 9.91. The van der Waals surface area contributed by atoms with Gasteiger partial charge in [-0.15, -0.1) is 0 Å². The summed E-state index contributed by atoms with van der Waals surface area (Å²) in [5.74, 6) is 0.645. The molecule has 0 aliphatic heterocycles. The van der Waals surface area contributed by atoms with Gasteiger partial charge in [0.25, 0.3) is 0 Å². The van der Waals surface area contributed by atoms with Crippen LogP contribution >= 0.6 is 0 Å². The van der Waals surface area contributed by atoms with E-state index in [2.05, 4.69) is 29.3 Å². The maximum Gasteiger partial charge on any atom is 0.111 e. The van der Waals surface area contributed by atoms with Gasteiger partial charge in [0, 0.05) is 0 Å². The Labute approximate surface area is 72.0 Å². The number of nitrogens with one attached hydrogen (secondary N) is 1. The van der Waals surface area contributed by atoms with Crippen LogP contribution in [0.5, 0.6) is 0 Å². The maximum atomic E-state index is 9.73. The Morgan fingerprint density at radius 2 is 2.08 bits per heavy atom. The molecule has 0 saturated carbocycles. The van der Waals surface area contributed by atoms with E-state index in [0.29, 0.717) is 11.6 Å². The maximum absolute atomic E-state index is 9.73. The van der Waals surface area contributed by atoms with Crippen molar-refractivity contribution < 1.29 is 5.11 Å². The third kappa shape index (κ3) is 1.82. The van der Waals surface area contributed by atoms with E-state index in [1.165, 1.54) is 0 Å². The zero-order valence-electron chi connectivity index (χ0n) is 7.65. The first-order valence-electron chi connectivity index (χ1n) is 4.16. The monoisotopic (exact) mass is 169 g/mol. The Bertz CT molecular complexity index is 220. The Balaban J connectivity index is 2.65. The molecule has 0 aliphatic carbocycles. The first-order chi connectivity index (χ1) is 5.63. The molecule has 4 nitrogen and oxygen atoms in total. The van der Waals surface area contributed by atoms with Crippen LogP contribution in [-0.2, 0) is 0 Å². The smallest absolute Gasteiger partial charge is 0.111 e. The van der Waals surface area contributed by atoms with Crippen molar-refractivity contribution in [1.82, 2.24) is 15.4 Å². The molecule has 0 spiro atoms. The second kappa shape index (κ2) is 3.67. The number of hydrogen-bond acceptors (Lipinski definition) is 3. The van der Waals surface area contributed by atoms with Gasteiger partial charge in [0.05, 0.1) is 6.20 Å². The van der Waals surface area contributed by atoms with Crippen LogP contribution < -0.4 is 0 Å². The number of aromatic amines is 1. The molecule has 0 aliphatic rings. The van der Waals surface area contributed by atoms with E-state index in [-0.39, 0.29) is 5.92 Å². The Morgan fingerprint density at radius 3 is 2.50 bits per heavy atom. The van der Waals surface area contributed by atoms with E-state index in [1.54, 1.807) is 6.20 Å². The van der Waals surface area contributed by atoms with E-state index < -0.39 is 6.10 Å². The second-order valence-corrected chi connectivity index (χ2v) is 3.44. The molecule has 0 bridgehead atoms. The molecule has 1 aromatic rings. The molecule has 0 saturated heterocycles. The number of rotatable bonds is 3. The average molecular weight is 169 g/mol. The summed E-state index contributed by atoms with van der Waals surface area (Å²) in [5, 5.41) is 19.7. The lowest BCUT2D eigenvalue weighted by Gasteiger charge is -2.19. The summed E-state index contributed by atoms with van der Waals surface area (Å²) in [6.45, 7) is 6.16. The molecule has 0 radical (unpaired) electrons. The zero-order chi connectivity index (χ0) is 9.14.